The number of hydrogen-bond acceptors (Lipinski definition) is 3. The van der Waals surface area contributed by atoms with Gasteiger partial charge in [-0.1, -0.05) is 30.3 Å². The predicted molar refractivity (Wildman–Crippen MR) is 86.4 cm³/mol. The van der Waals surface area contributed by atoms with Gasteiger partial charge in [0.25, 0.3) is 0 Å². The highest BCUT2D eigenvalue weighted by Crippen LogP contribution is 2.21. The summed E-state index contributed by atoms with van der Waals surface area (Å²) in [7, 11) is 0. The van der Waals surface area contributed by atoms with Crippen LogP contribution in [0.4, 0.5) is 0 Å². The van der Waals surface area contributed by atoms with Crippen molar-refractivity contribution in [1.29, 1.82) is 0 Å². The number of nitrogens with zero attached hydrogens (tertiary/aromatic N) is 2. The van der Waals surface area contributed by atoms with Gasteiger partial charge in [0.05, 0.1) is 0 Å². The number of amides is 1. The van der Waals surface area contributed by atoms with E-state index < -0.39 is 0 Å². The molecule has 120 valence electrons. The van der Waals surface area contributed by atoms with Crippen LogP contribution in [0.1, 0.15) is 25.3 Å². The highest BCUT2D eigenvalue weighted by molar-refractivity contribution is 5.79. The lowest BCUT2D eigenvalue weighted by Gasteiger charge is -2.41. The number of carbonyl (C=O) groups excluding carboxylic acids is 1. The Morgan fingerprint density at radius 1 is 1.18 bits per heavy atom. The SMILES string of the molecule is C[C@@H]1CN(Cc2ccccc2)CCN1C(=O)C1CCOCC1. The summed E-state index contributed by atoms with van der Waals surface area (Å²) in [6.07, 6.45) is 1.77. The van der Waals surface area contributed by atoms with Gasteiger partial charge in [-0.3, -0.25) is 9.69 Å². The molecular weight excluding hydrogens is 276 g/mol. The van der Waals surface area contributed by atoms with Gasteiger partial charge in [-0.15, -0.1) is 0 Å². The maximum absolute atomic E-state index is 12.7. The van der Waals surface area contributed by atoms with E-state index in [1.807, 2.05) is 0 Å². The first kappa shape index (κ1) is 15.5. The van der Waals surface area contributed by atoms with Crippen LogP contribution in [0.5, 0.6) is 0 Å². The van der Waals surface area contributed by atoms with E-state index in [0.29, 0.717) is 11.9 Å². The van der Waals surface area contributed by atoms with Crippen LogP contribution >= 0.6 is 0 Å². The Labute approximate surface area is 133 Å². The summed E-state index contributed by atoms with van der Waals surface area (Å²) in [4.78, 5) is 17.2. The molecule has 1 aromatic carbocycles. The molecule has 2 saturated heterocycles. The van der Waals surface area contributed by atoms with Crippen molar-refractivity contribution >= 4 is 5.91 Å². The van der Waals surface area contributed by atoms with Crippen LogP contribution in [0.2, 0.25) is 0 Å². The minimum Gasteiger partial charge on any atom is -0.381 e. The molecule has 2 heterocycles. The number of rotatable bonds is 3. The molecule has 4 heteroatoms. The quantitative estimate of drug-likeness (QED) is 0.857. The van der Waals surface area contributed by atoms with E-state index in [4.69, 9.17) is 4.74 Å². The van der Waals surface area contributed by atoms with Crippen molar-refractivity contribution in [2.24, 2.45) is 5.92 Å². The normalized spacial score (nSPS) is 24.4. The predicted octanol–water partition coefficient (Wildman–Crippen LogP) is 2.15. The van der Waals surface area contributed by atoms with Gasteiger partial charge in [0, 0.05) is 51.4 Å². The lowest BCUT2D eigenvalue weighted by Crippen LogP contribution is -2.55. The molecule has 0 aromatic heterocycles. The molecule has 2 aliphatic rings. The van der Waals surface area contributed by atoms with Gasteiger partial charge in [-0.25, -0.2) is 0 Å². The maximum Gasteiger partial charge on any atom is 0.226 e. The number of benzene rings is 1. The Morgan fingerprint density at radius 3 is 2.59 bits per heavy atom. The van der Waals surface area contributed by atoms with Crippen LogP contribution in [0.25, 0.3) is 0 Å². The molecule has 4 nitrogen and oxygen atoms in total. The van der Waals surface area contributed by atoms with Gasteiger partial charge in [0.1, 0.15) is 0 Å². The number of carbonyl (C=O) groups is 1. The third-order valence-corrected chi connectivity index (χ3v) is 4.81. The third-order valence-electron chi connectivity index (χ3n) is 4.81. The molecule has 1 amide bonds. The average Bonchev–Trinajstić information content (AvgIpc) is 2.56. The second-order valence-corrected chi connectivity index (χ2v) is 6.49. The van der Waals surface area contributed by atoms with Crippen molar-refractivity contribution < 1.29 is 9.53 Å². The van der Waals surface area contributed by atoms with E-state index in [1.165, 1.54) is 5.56 Å². The number of hydrogen-bond donors (Lipinski definition) is 0. The van der Waals surface area contributed by atoms with Gasteiger partial charge in [-0.05, 0) is 25.3 Å². The van der Waals surface area contributed by atoms with Crippen molar-refractivity contribution in [3.8, 4) is 0 Å². The minimum atomic E-state index is 0.178. The van der Waals surface area contributed by atoms with E-state index in [1.54, 1.807) is 0 Å². The molecule has 1 aromatic rings. The van der Waals surface area contributed by atoms with Gasteiger partial charge in [0.15, 0.2) is 0 Å². The van der Waals surface area contributed by atoms with E-state index in [0.717, 1.165) is 52.2 Å². The fourth-order valence-electron chi connectivity index (χ4n) is 3.52. The maximum atomic E-state index is 12.7. The molecule has 1 atom stereocenters. The Balaban J connectivity index is 1.54. The molecule has 0 spiro atoms. The van der Waals surface area contributed by atoms with E-state index in [-0.39, 0.29) is 5.92 Å². The summed E-state index contributed by atoms with van der Waals surface area (Å²) < 4.78 is 5.37. The summed E-state index contributed by atoms with van der Waals surface area (Å²) >= 11 is 0. The zero-order chi connectivity index (χ0) is 15.4. The van der Waals surface area contributed by atoms with Crippen LogP contribution < -0.4 is 0 Å². The minimum absolute atomic E-state index is 0.178. The largest absolute Gasteiger partial charge is 0.381 e. The lowest BCUT2D eigenvalue weighted by molar-refractivity contribution is -0.143. The zero-order valence-corrected chi connectivity index (χ0v) is 13.4. The van der Waals surface area contributed by atoms with Crippen molar-refractivity contribution in [3.05, 3.63) is 35.9 Å². The summed E-state index contributed by atoms with van der Waals surface area (Å²) in [6.45, 7) is 7.40. The standard InChI is InChI=1S/C18H26N2O2/c1-15-13-19(14-16-5-3-2-4-6-16)9-10-20(15)18(21)17-7-11-22-12-8-17/h2-6,15,17H,7-14H2,1H3/t15-/m1/s1. The van der Waals surface area contributed by atoms with Crippen molar-refractivity contribution in [3.63, 3.8) is 0 Å². The molecule has 0 unspecified atom stereocenters. The molecule has 0 N–H and O–H groups in total. The molecule has 0 saturated carbocycles. The van der Waals surface area contributed by atoms with Gasteiger partial charge < -0.3 is 9.64 Å². The fraction of sp³-hybridized carbons (Fsp3) is 0.611. The summed E-state index contributed by atoms with van der Waals surface area (Å²) in [5.74, 6) is 0.520. The van der Waals surface area contributed by atoms with Crippen molar-refractivity contribution in [1.82, 2.24) is 9.80 Å². The summed E-state index contributed by atoms with van der Waals surface area (Å²) in [5, 5.41) is 0. The Bertz CT molecular complexity index is 485. The number of piperazine rings is 1. The van der Waals surface area contributed by atoms with E-state index >= 15 is 0 Å². The van der Waals surface area contributed by atoms with Crippen LogP contribution in [0.3, 0.4) is 0 Å². The first-order valence-electron chi connectivity index (χ1n) is 8.38. The molecule has 22 heavy (non-hydrogen) atoms. The summed E-state index contributed by atoms with van der Waals surface area (Å²) in [6, 6.07) is 10.9. The van der Waals surface area contributed by atoms with E-state index in [9.17, 15) is 4.79 Å². The van der Waals surface area contributed by atoms with Gasteiger partial charge in [-0.2, -0.15) is 0 Å². The molecule has 2 aliphatic heterocycles. The van der Waals surface area contributed by atoms with Gasteiger partial charge >= 0.3 is 0 Å². The Morgan fingerprint density at radius 2 is 1.91 bits per heavy atom. The molecule has 0 bridgehead atoms. The molecule has 0 aliphatic carbocycles. The Hall–Kier alpha value is -1.39. The highest BCUT2D eigenvalue weighted by Gasteiger charge is 2.32. The first-order valence-corrected chi connectivity index (χ1v) is 8.38. The van der Waals surface area contributed by atoms with Crippen molar-refractivity contribution in [2.45, 2.75) is 32.4 Å². The second kappa shape index (κ2) is 7.25. The molecule has 3 rings (SSSR count). The number of ether oxygens (including phenoxy) is 1. The van der Waals surface area contributed by atoms with E-state index in [2.05, 4.69) is 47.1 Å². The van der Waals surface area contributed by atoms with Crippen LogP contribution in [-0.2, 0) is 16.1 Å². The fourth-order valence-corrected chi connectivity index (χ4v) is 3.52. The van der Waals surface area contributed by atoms with Crippen LogP contribution in [-0.4, -0.2) is 54.6 Å². The van der Waals surface area contributed by atoms with Crippen LogP contribution in [0, 0.1) is 5.92 Å². The monoisotopic (exact) mass is 302 g/mol. The molecular formula is C18H26N2O2. The Kier molecular flexibility index (Phi) is 5.11. The van der Waals surface area contributed by atoms with Gasteiger partial charge in [0.2, 0.25) is 5.91 Å². The van der Waals surface area contributed by atoms with Crippen molar-refractivity contribution in [2.75, 3.05) is 32.8 Å². The first-order chi connectivity index (χ1) is 10.7. The average molecular weight is 302 g/mol. The smallest absolute Gasteiger partial charge is 0.226 e. The zero-order valence-electron chi connectivity index (χ0n) is 13.4. The third kappa shape index (κ3) is 3.68. The lowest BCUT2D eigenvalue weighted by atomic mass is 9.97. The molecule has 0 radical (unpaired) electrons. The second-order valence-electron chi connectivity index (χ2n) is 6.49. The highest BCUT2D eigenvalue weighted by atomic mass is 16.5. The topological polar surface area (TPSA) is 32.8 Å². The van der Waals surface area contributed by atoms with Crippen LogP contribution in [0.15, 0.2) is 30.3 Å². The summed E-state index contributed by atoms with van der Waals surface area (Å²) in [5.41, 5.74) is 1.35. The molecule has 2 fully saturated rings.